The Morgan fingerprint density at radius 2 is 1.85 bits per heavy atom. The first-order chi connectivity index (χ1) is 12.3. The fourth-order valence-corrected chi connectivity index (χ4v) is 2.87. The van der Waals surface area contributed by atoms with Crippen LogP contribution in [0.5, 0.6) is 0 Å². The molecule has 2 N–H and O–H groups in total. The van der Waals surface area contributed by atoms with E-state index in [0.29, 0.717) is 5.69 Å². The number of fused-ring (bicyclic) bond motifs is 1. The summed E-state index contributed by atoms with van der Waals surface area (Å²) >= 11 is 0. The van der Waals surface area contributed by atoms with Crippen LogP contribution in [0.3, 0.4) is 0 Å². The van der Waals surface area contributed by atoms with E-state index in [1.54, 1.807) is 24.3 Å². The van der Waals surface area contributed by atoms with Crippen molar-refractivity contribution in [3.05, 3.63) is 64.1 Å². The summed E-state index contributed by atoms with van der Waals surface area (Å²) in [5, 5.41) is 0. The second-order valence-electron chi connectivity index (χ2n) is 5.91. The first-order valence-electron chi connectivity index (χ1n) is 7.83. The van der Waals surface area contributed by atoms with E-state index in [1.165, 1.54) is 24.8 Å². The molecule has 26 heavy (non-hydrogen) atoms. The van der Waals surface area contributed by atoms with E-state index < -0.39 is 29.3 Å². The van der Waals surface area contributed by atoms with Crippen LogP contribution in [0.2, 0.25) is 0 Å². The summed E-state index contributed by atoms with van der Waals surface area (Å²) in [6, 6.07) is 8.04. The highest BCUT2D eigenvalue weighted by molar-refractivity contribution is 5.79. The molecular weight excluding hydrogens is 344 g/mol. The van der Waals surface area contributed by atoms with Crippen LogP contribution >= 0.6 is 0 Å². The van der Waals surface area contributed by atoms with Gasteiger partial charge in [-0.25, -0.2) is 13.6 Å². The van der Waals surface area contributed by atoms with Crippen molar-refractivity contribution < 1.29 is 18.3 Å². The highest BCUT2D eigenvalue weighted by Gasteiger charge is 2.19. The van der Waals surface area contributed by atoms with Gasteiger partial charge in [0.15, 0.2) is 11.6 Å². The number of esters is 1. The standard InChI is InChI=1S/C18H17F2N3O3/c1-22-14-8-7-12(19)15(20)16(14)23(18(22)25)11-5-3-10(4-6-11)9-13(21)17(24)26-2/h3-8,13H,9,21H2,1-2H3/t13-/m0/s1. The van der Waals surface area contributed by atoms with Crippen LogP contribution in [0.15, 0.2) is 41.2 Å². The molecule has 0 unspecified atom stereocenters. The summed E-state index contributed by atoms with van der Waals surface area (Å²) < 4.78 is 34.9. The monoisotopic (exact) mass is 361 g/mol. The van der Waals surface area contributed by atoms with E-state index in [1.807, 2.05) is 0 Å². The van der Waals surface area contributed by atoms with Crippen LogP contribution in [0, 0.1) is 11.6 Å². The number of ether oxygens (including phenoxy) is 1. The van der Waals surface area contributed by atoms with Crippen molar-refractivity contribution in [3.63, 3.8) is 0 Å². The number of nitrogens with zero attached hydrogens (tertiary/aromatic N) is 2. The summed E-state index contributed by atoms with van der Waals surface area (Å²) in [4.78, 5) is 23.9. The van der Waals surface area contributed by atoms with Crippen LogP contribution in [0.25, 0.3) is 16.7 Å². The van der Waals surface area contributed by atoms with Gasteiger partial charge in [-0.2, -0.15) is 0 Å². The topological polar surface area (TPSA) is 79.2 Å². The molecule has 0 bridgehead atoms. The maximum absolute atomic E-state index is 14.3. The number of aromatic nitrogens is 2. The van der Waals surface area contributed by atoms with Crippen LogP contribution in [0.1, 0.15) is 5.56 Å². The third kappa shape index (κ3) is 2.88. The minimum atomic E-state index is -1.09. The highest BCUT2D eigenvalue weighted by atomic mass is 19.2. The Bertz CT molecular complexity index is 1040. The lowest BCUT2D eigenvalue weighted by molar-refractivity contribution is -0.142. The van der Waals surface area contributed by atoms with Crippen molar-refractivity contribution in [2.75, 3.05) is 7.11 Å². The average molecular weight is 361 g/mol. The predicted octanol–water partition coefficient (Wildman–Crippen LogP) is 1.65. The van der Waals surface area contributed by atoms with Gasteiger partial charge in [0.2, 0.25) is 0 Å². The Morgan fingerprint density at radius 1 is 1.19 bits per heavy atom. The number of hydrogen-bond acceptors (Lipinski definition) is 4. The number of methoxy groups -OCH3 is 1. The van der Waals surface area contributed by atoms with Gasteiger partial charge in [-0.1, -0.05) is 12.1 Å². The number of aryl methyl sites for hydroxylation is 1. The lowest BCUT2D eigenvalue weighted by Crippen LogP contribution is -2.33. The zero-order chi connectivity index (χ0) is 19.0. The minimum absolute atomic E-state index is 0.128. The maximum atomic E-state index is 14.3. The largest absolute Gasteiger partial charge is 0.468 e. The van der Waals surface area contributed by atoms with Gasteiger partial charge in [0.05, 0.1) is 18.3 Å². The van der Waals surface area contributed by atoms with Crippen molar-refractivity contribution in [1.82, 2.24) is 9.13 Å². The Balaban J connectivity index is 2.05. The van der Waals surface area contributed by atoms with Gasteiger partial charge >= 0.3 is 11.7 Å². The Kier molecular flexibility index (Phi) is 4.60. The number of halogens is 2. The first kappa shape index (κ1) is 17.8. The summed E-state index contributed by atoms with van der Waals surface area (Å²) in [6.45, 7) is 0. The van der Waals surface area contributed by atoms with Crippen LogP contribution < -0.4 is 11.4 Å². The number of carbonyl (C=O) groups excluding carboxylic acids is 1. The minimum Gasteiger partial charge on any atom is -0.468 e. The molecule has 0 aliphatic rings. The molecule has 3 aromatic rings. The SMILES string of the molecule is COC(=O)[C@@H](N)Cc1ccc(-n2c(=O)n(C)c3ccc(F)c(F)c32)cc1. The van der Waals surface area contributed by atoms with Gasteiger partial charge in [-0.05, 0) is 36.2 Å². The molecule has 1 aromatic heterocycles. The molecule has 2 aromatic carbocycles. The van der Waals surface area contributed by atoms with Crippen molar-refractivity contribution >= 4 is 17.0 Å². The van der Waals surface area contributed by atoms with Crippen molar-refractivity contribution in [2.24, 2.45) is 12.8 Å². The summed E-state index contributed by atoms with van der Waals surface area (Å²) in [5.41, 5.74) is 6.50. The lowest BCUT2D eigenvalue weighted by Gasteiger charge is -2.10. The molecule has 8 heteroatoms. The van der Waals surface area contributed by atoms with E-state index in [0.717, 1.165) is 16.2 Å². The van der Waals surface area contributed by atoms with E-state index in [4.69, 9.17) is 5.73 Å². The van der Waals surface area contributed by atoms with Gasteiger partial charge in [0.1, 0.15) is 11.6 Å². The normalized spacial score (nSPS) is 12.3. The molecule has 0 saturated heterocycles. The van der Waals surface area contributed by atoms with Crippen LogP contribution in [-0.4, -0.2) is 28.3 Å². The van der Waals surface area contributed by atoms with E-state index in [-0.39, 0.29) is 17.5 Å². The molecule has 0 radical (unpaired) electrons. The zero-order valence-corrected chi connectivity index (χ0v) is 14.2. The summed E-state index contributed by atoms with van der Waals surface area (Å²) in [5.74, 6) is -2.65. The molecule has 0 aliphatic heterocycles. The Hall–Kier alpha value is -3.00. The molecule has 0 amide bonds. The fraction of sp³-hybridized carbons (Fsp3) is 0.222. The molecule has 1 heterocycles. The highest BCUT2D eigenvalue weighted by Crippen LogP contribution is 2.22. The number of imidazole rings is 1. The third-order valence-corrected chi connectivity index (χ3v) is 4.27. The Morgan fingerprint density at radius 3 is 2.46 bits per heavy atom. The molecule has 0 aliphatic carbocycles. The van der Waals surface area contributed by atoms with Crippen molar-refractivity contribution in [2.45, 2.75) is 12.5 Å². The Labute approximate surface area is 147 Å². The summed E-state index contributed by atoms with van der Waals surface area (Å²) in [6.07, 6.45) is 0.250. The van der Waals surface area contributed by atoms with E-state index in [2.05, 4.69) is 4.74 Å². The average Bonchev–Trinajstić information content (AvgIpc) is 2.90. The van der Waals surface area contributed by atoms with Gasteiger partial charge in [0.25, 0.3) is 0 Å². The number of hydrogen-bond donors (Lipinski definition) is 1. The van der Waals surface area contributed by atoms with Crippen LogP contribution in [0.4, 0.5) is 8.78 Å². The number of rotatable bonds is 4. The number of carbonyl (C=O) groups is 1. The number of benzene rings is 2. The van der Waals surface area contributed by atoms with Gasteiger partial charge in [-0.3, -0.25) is 13.9 Å². The fourth-order valence-electron chi connectivity index (χ4n) is 2.87. The quantitative estimate of drug-likeness (QED) is 0.717. The van der Waals surface area contributed by atoms with Gasteiger partial charge in [-0.15, -0.1) is 0 Å². The lowest BCUT2D eigenvalue weighted by atomic mass is 10.1. The molecule has 0 spiro atoms. The first-order valence-corrected chi connectivity index (χ1v) is 7.83. The predicted molar refractivity (Wildman–Crippen MR) is 92.1 cm³/mol. The molecule has 0 saturated carbocycles. The van der Waals surface area contributed by atoms with Crippen molar-refractivity contribution in [3.8, 4) is 5.69 Å². The molecule has 3 rings (SSSR count). The van der Waals surface area contributed by atoms with E-state index >= 15 is 0 Å². The third-order valence-electron chi connectivity index (χ3n) is 4.27. The molecule has 136 valence electrons. The molecule has 6 nitrogen and oxygen atoms in total. The summed E-state index contributed by atoms with van der Waals surface area (Å²) in [7, 11) is 2.74. The van der Waals surface area contributed by atoms with Crippen LogP contribution in [-0.2, 0) is 23.0 Å². The van der Waals surface area contributed by atoms with Gasteiger partial charge in [0, 0.05) is 7.05 Å². The molecule has 1 atom stereocenters. The molecule has 0 fully saturated rings. The van der Waals surface area contributed by atoms with Gasteiger partial charge < -0.3 is 10.5 Å². The van der Waals surface area contributed by atoms with Crippen molar-refractivity contribution in [1.29, 1.82) is 0 Å². The second kappa shape index (κ2) is 6.72. The second-order valence-corrected chi connectivity index (χ2v) is 5.91. The maximum Gasteiger partial charge on any atom is 0.333 e. The number of nitrogens with two attached hydrogens (primary N) is 1. The van der Waals surface area contributed by atoms with E-state index in [9.17, 15) is 18.4 Å². The molecular formula is C18H17F2N3O3. The smallest absolute Gasteiger partial charge is 0.333 e. The zero-order valence-electron chi connectivity index (χ0n) is 14.2.